The molecular weight excluding hydrogens is 328 g/mol. The highest BCUT2D eigenvalue weighted by Gasteiger charge is 2.24. The van der Waals surface area contributed by atoms with Gasteiger partial charge in [0.1, 0.15) is 0 Å². The Balaban J connectivity index is 2.29. The lowest BCUT2D eigenvalue weighted by Crippen LogP contribution is -2.36. The van der Waals surface area contributed by atoms with Crippen LogP contribution in [0.3, 0.4) is 0 Å². The van der Waals surface area contributed by atoms with E-state index in [-0.39, 0.29) is 17.6 Å². The SMILES string of the molecule is CCC(CC)CN(CC)C(=O)c1ccccc1N(C)C(=O)c1ccco1. The van der Waals surface area contributed by atoms with Crippen molar-refractivity contribution < 1.29 is 14.0 Å². The molecule has 1 aromatic carbocycles. The second kappa shape index (κ2) is 9.22. The summed E-state index contributed by atoms with van der Waals surface area (Å²) in [6.07, 6.45) is 3.55. The number of furan rings is 1. The number of rotatable bonds is 8. The fourth-order valence-electron chi connectivity index (χ4n) is 3.01. The highest BCUT2D eigenvalue weighted by Crippen LogP contribution is 2.24. The van der Waals surface area contributed by atoms with Gasteiger partial charge >= 0.3 is 0 Å². The van der Waals surface area contributed by atoms with E-state index in [0.717, 1.165) is 19.4 Å². The molecule has 0 aliphatic heterocycles. The Morgan fingerprint density at radius 3 is 2.27 bits per heavy atom. The molecule has 2 amide bonds. The molecule has 0 spiro atoms. The fourth-order valence-corrected chi connectivity index (χ4v) is 3.01. The Morgan fingerprint density at radius 1 is 1.00 bits per heavy atom. The third kappa shape index (κ3) is 4.34. The maximum absolute atomic E-state index is 13.1. The van der Waals surface area contributed by atoms with Crippen molar-refractivity contribution in [2.75, 3.05) is 25.0 Å². The first-order chi connectivity index (χ1) is 12.5. The standard InChI is InChI=1S/C21H28N2O3/c1-5-16(6-2)15-23(7-3)20(24)17-11-8-9-12-18(17)22(4)21(25)19-13-10-14-26-19/h8-14,16H,5-7,15H2,1-4H3. The minimum absolute atomic E-state index is 0.0471. The van der Waals surface area contributed by atoms with Crippen molar-refractivity contribution >= 4 is 17.5 Å². The Hall–Kier alpha value is -2.56. The van der Waals surface area contributed by atoms with Gasteiger partial charge in [0.2, 0.25) is 0 Å². The van der Waals surface area contributed by atoms with E-state index in [0.29, 0.717) is 23.7 Å². The van der Waals surface area contributed by atoms with E-state index < -0.39 is 0 Å². The summed E-state index contributed by atoms with van der Waals surface area (Å²) in [5.74, 6) is 0.403. The number of para-hydroxylation sites is 1. The molecule has 0 fully saturated rings. The van der Waals surface area contributed by atoms with Crippen molar-refractivity contribution in [3.8, 4) is 0 Å². The van der Waals surface area contributed by atoms with Crippen LogP contribution in [0.4, 0.5) is 5.69 Å². The molecule has 2 rings (SSSR count). The predicted octanol–water partition coefficient (Wildman–Crippen LogP) is 4.45. The molecule has 1 aromatic heterocycles. The van der Waals surface area contributed by atoms with Crippen LogP contribution in [0.5, 0.6) is 0 Å². The molecular formula is C21H28N2O3. The molecule has 2 aromatic rings. The third-order valence-corrected chi connectivity index (χ3v) is 4.83. The number of amides is 2. The lowest BCUT2D eigenvalue weighted by molar-refractivity contribution is 0.0735. The van der Waals surface area contributed by atoms with Crippen molar-refractivity contribution in [3.63, 3.8) is 0 Å². The van der Waals surface area contributed by atoms with E-state index in [1.165, 1.54) is 11.2 Å². The maximum atomic E-state index is 13.1. The predicted molar refractivity (Wildman–Crippen MR) is 104 cm³/mol. The van der Waals surface area contributed by atoms with Gasteiger partial charge in [-0.25, -0.2) is 0 Å². The number of nitrogens with zero attached hydrogens (tertiary/aromatic N) is 2. The lowest BCUT2D eigenvalue weighted by Gasteiger charge is -2.27. The Morgan fingerprint density at radius 2 is 1.69 bits per heavy atom. The topological polar surface area (TPSA) is 53.8 Å². The van der Waals surface area contributed by atoms with E-state index in [4.69, 9.17) is 4.42 Å². The normalized spacial score (nSPS) is 10.8. The molecule has 0 bridgehead atoms. The monoisotopic (exact) mass is 356 g/mol. The summed E-state index contributed by atoms with van der Waals surface area (Å²) in [7, 11) is 1.66. The molecule has 0 saturated carbocycles. The van der Waals surface area contributed by atoms with Gasteiger partial charge < -0.3 is 14.2 Å². The van der Waals surface area contributed by atoms with Gasteiger partial charge in [-0.3, -0.25) is 9.59 Å². The Kier molecular flexibility index (Phi) is 7.01. The van der Waals surface area contributed by atoms with Gasteiger partial charge in [0, 0.05) is 20.1 Å². The third-order valence-electron chi connectivity index (χ3n) is 4.83. The molecule has 0 radical (unpaired) electrons. The molecule has 0 atom stereocenters. The van der Waals surface area contributed by atoms with Crippen molar-refractivity contribution in [2.45, 2.75) is 33.6 Å². The maximum Gasteiger partial charge on any atom is 0.293 e. The van der Waals surface area contributed by atoms with Crippen molar-refractivity contribution in [2.24, 2.45) is 5.92 Å². The number of hydrogen-bond donors (Lipinski definition) is 0. The summed E-state index contributed by atoms with van der Waals surface area (Å²) in [5.41, 5.74) is 1.12. The van der Waals surface area contributed by atoms with Crippen LogP contribution in [-0.2, 0) is 0 Å². The van der Waals surface area contributed by atoms with Crippen LogP contribution in [0.2, 0.25) is 0 Å². The van der Waals surface area contributed by atoms with Crippen LogP contribution in [-0.4, -0.2) is 36.9 Å². The molecule has 140 valence electrons. The first-order valence-electron chi connectivity index (χ1n) is 9.23. The summed E-state index contributed by atoms with van der Waals surface area (Å²) in [6, 6.07) is 10.5. The molecule has 0 unspecified atom stereocenters. The fraction of sp³-hybridized carbons (Fsp3) is 0.429. The highest BCUT2D eigenvalue weighted by molar-refractivity contribution is 6.09. The van der Waals surface area contributed by atoms with Crippen LogP contribution in [0, 0.1) is 5.92 Å². The van der Waals surface area contributed by atoms with Gasteiger partial charge in [-0.2, -0.15) is 0 Å². The summed E-state index contributed by atoms with van der Waals surface area (Å²) in [6.45, 7) is 7.65. The Labute approximate surface area is 155 Å². The van der Waals surface area contributed by atoms with Gasteiger partial charge in [-0.05, 0) is 37.1 Å². The summed E-state index contributed by atoms with van der Waals surface area (Å²) in [5, 5.41) is 0. The number of carbonyl (C=O) groups excluding carboxylic acids is 2. The molecule has 0 aliphatic rings. The minimum atomic E-state index is -0.279. The molecule has 0 N–H and O–H groups in total. The zero-order chi connectivity index (χ0) is 19.1. The smallest absolute Gasteiger partial charge is 0.293 e. The number of hydrogen-bond acceptors (Lipinski definition) is 3. The number of carbonyl (C=O) groups is 2. The van der Waals surface area contributed by atoms with Gasteiger partial charge in [0.15, 0.2) is 5.76 Å². The highest BCUT2D eigenvalue weighted by atomic mass is 16.3. The summed E-state index contributed by atoms with van der Waals surface area (Å²) < 4.78 is 5.20. The average molecular weight is 356 g/mol. The quantitative estimate of drug-likeness (QED) is 0.702. The molecule has 26 heavy (non-hydrogen) atoms. The van der Waals surface area contributed by atoms with E-state index in [1.54, 1.807) is 31.3 Å². The largest absolute Gasteiger partial charge is 0.459 e. The van der Waals surface area contributed by atoms with E-state index in [2.05, 4.69) is 13.8 Å². The molecule has 0 aliphatic carbocycles. The summed E-state index contributed by atoms with van der Waals surface area (Å²) >= 11 is 0. The number of benzene rings is 1. The van der Waals surface area contributed by atoms with Crippen molar-refractivity contribution in [1.29, 1.82) is 0 Å². The van der Waals surface area contributed by atoms with Crippen LogP contribution >= 0.6 is 0 Å². The van der Waals surface area contributed by atoms with Crippen molar-refractivity contribution in [3.05, 3.63) is 54.0 Å². The Bertz CT molecular complexity index is 721. The molecule has 1 heterocycles. The van der Waals surface area contributed by atoms with Gasteiger partial charge in [-0.1, -0.05) is 38.8 Å². The van der Waals surface area contributed by atoms with Crippen LogP contribution in [0.25, 0.3) is 0 Å². The van der Waals surface area contributed by atoms with E-state index in [1.807, 2.05) is 24.0 Å². The van der Waals surface area contributed by atoms with Crippen LogP contribution < -0.4 is 4.90 Å². The first-order valence-corrected chi connectivity index (χ1v) is 9.23. The van der Waals surface area contributed by atoms with E-state index >= 15 is 0 Å². The molecule has 0 saturated heterocycles. The van der Waals surface area contributed by atoms with Crippen LogP contribution in [0.1, 0.15) is 54.5 Å². The number of anilines is 1. The van der Waals surface area contributed by atoms with Gasteiger partial charge in [0.05, 0.1) is 17.5 Å². The average Bonchev–Trinajstić information content (AvgIpc) is 3.22. The minimum Gasteiger partial charge on any atom is -0.459 e. The zero-order valence-corrected chi connectivity index (χ0v) is 16.1. The first kappa shape index (κ1) is 19.8. The van der Waals surface area contributed by atoms with Crippen LogP contribution in [0.15, 0.2) is 47.1 Å². The summed E-state index contributed by atoms with van der Waals surface area (Å²) in [4.78, 5) is 29.1. The van der Waals surface area contributed by atoms with Gasteiger partial charge in [0.25, 0.3) is 11.8 Å². The second-order valence-electron chi connectivity index (χ2n) is 6.38. The van der Waals surface area contributed by atoms with E-state index in [9.17, 15) is 9.59 Å². The molecule has 5 heteroatoms. The zero-order valence-electron chi connectivity index (χ0n) is 16.1. The lowest BCUT2D eigenvalue weighted by atomic mass is 10.0. The molecule has 5 nitrogen and oxygen atoms in total. The second-order valence-corrected chi connectivity index (χ2v) is 6.38. The van der Waals surface area contributed by atoms with Gasteiger partial charge in [-0.15, -0.1) is 0 Å². The van der Waals surface area contributed by atoms with Crippen molar-refractivity contribution in [1.82, 2.24) is 4.90 Å².